The predicted octanol–water partition coefficient (Wildman–Crippen LogP) is 2.37. The van der Waals surface area contributed by atoms with Crippen LogP contribution in [0.2, 0.25) is 0 Å². The van der Waals surface area contributed by atoms with Gasteiger partial charge < -0.3 is 14.9 Å². The van der Waals surface area contributed by atoms with Crippen molar-refractivity contribution < 1.29 is 14.9 Å². The monoisotopic (exact) mass is 214 g/mol. The molecular weight excluding hydrogens is 204 g/mol. The summed E-state index contributed by atoms with van der Waals surface area (Å²) >= 11 is 0. The van der Waals surface area contributed by atoms with Crippen molar-refractivity contribution in [3.63, 3.8) is 0 Å². The number of phenols is 1. The van der Waals surface area contributed by atoms with E-state index >= 15 is 0 Å². The molecule has 0 spiro atoms. The van der Waals surface area contributed by atoms with Gasteiger partial charge in [-0.25, -0.2) is 0 Å². The number of aliphatic hydroxyl groups is 1. The molecule has 0 heterocycles. The number of rotatable bonds is 2. The highest BCUT2D eigenvalue weighted by Crippen LogP contribution is 2.54. The molecule has 2 aromatic carbocycles. The van der Waals surface area contributed by atoms with Gasteiger partial charge in [0.2, 0.25) is 0 Å². The summed E-state index contributed by atoms with van der Waals surface area (Å²) in [5.74, 6) is 0.418. The summed E-state index contributed by atoms with van der Waals surface area (Å²) < 4.78 is 4.93. The quantitative estimate of drug-likeness (QED) is 0.644. The summed E-state index contributed by atoms with van der Waals surface area (Å²) in [6.45, 7) is -0.437. The third-order valence-electron chi connectivity index (χ3n) is 2.85. The SMILES string of the molecule is OCOc1ccc2c(c1O)-c1ccccc1-2. The van der Waals surface area contributed by atoms with E-state index in [9.17, 15) is 5.11 Å². The molecule has 1 aliphatic rings. The Labute approximate surface area is 92.5 Å². The van der Waals surface area contributed by atoms with Gasteiger partial charge in [-0.3, -0.25) is 0 Å². The van der Waals surface area contributed by atoms with E-state index in [1.165, 1.54) is 0 Å². The molecule has 1 aliphatic carbocycles. The number of hydrogen-bond acceptors (Lipinski definition) is 3. The van der Waals surface area contributed by atoms with Crippen LogP contribution in [0.4, 0.5) is 0 Å². The van der Waals surface area contributed by atoms with Gasteiger partial charge in [-0.15, -0.1) is 0 Å². The lowest BCUT2D eigenvalue weighted by Gasteiger charge is -2.25. The zero-order valence-electron chi connectivity index (χ0n) is 8.47. The standard InChI is InChI=1S/C13H10O3/c14-7-16-11-6-5-10-8-3-1-2-4-9(8)12(10)13(11)15/h1-6,14-15H,7H2. The van der Waals surface area contributed by atoms with Gasteiger partial charge in [0.1, 0.15) is 0 Å². The third kappa shape index (κ3) is 1.06. The van der Waals surface area contributed by atoms with Crippen LogP contribution < -0.4 is 4.74 Å². The van der Waals surface area contributed by atoms with Crippen molar-refractivity contribution in [1.82, 2.24) is 0 Å². The van der Waals surface area contributed by atoms with Crippen LogP contribution in [0, 0.1) is 0 Å². The van der Waals surface area contributed by atoms with Gasteiger partial charge >= 0.3 is 0 Å². The first kappa shape index (κ1) is 9.24. The minimum absolute atomic E-state index is 0.102. The number of phenolic OH excluding ortho intramolecular Hbond substituents is 1. The molecule has 80 valence electrons. The van der Waals surface area contributed by atoms with E-state index in [4.69, 9.17) is 9.84 Å². The molecule has 0 atom stereocenters. The van der Waals surface area contributed by atoms with E-state index in [1.807, 2.05) is 30.3 Å². The highest BCUT2D eigenvalue weighted by atomic mass is 16.6. The average Bonchev–Trinajstić information content (AvgIpc) is 2.28. The smallest absolute Gasteiger partial charge is 0.186 e. The van der Waals surface area contributed by atoms with E-state index in [1.54, 1.807) is 6.07 Å². The summed E-state index contributed by atoms with van der Waals surface area (Å²) in [5, 5.41) is 18.7. The topological polar surface area (TPSA) is 49.7 Å². The normalized spacial score (nSPS) is 11.3. The first-order chi connectivity index (χ1) is 7.83. The molecule has 0 amide bonds. The number of benzene rings is 2. The summed E-state index contributed by atoms with van der Waals surface area (Å²) in [7, 11) is 0. The first-order valence-electron chi connectivity index (χ1n) is 5.02. The van der Waals surface area contributed by atoms with Crippen LogP contribution in [-0.4, -0.2) is 17.0 Å². The molecule has 0 unspecified atom stereocenters. The van der Waals surface area contributed by atoms with E-state index in [0.717, 1.165) is 22.3 Å². The molecule has 0 aliphatic heterocycles. The van der Waals surface area contributed by atoms with Crippen LogP contribution in [-0.2, 0) is 0 Å². The summed E-state index contributed by atoms with van der Waals surface area (Å²) in [5.41, 5.74) is 4.00. The highest BCUT2D eigenvalue weighted by Gasteiger charge is 2.26. The van der Waals surface area contributed by atoms with Crippen molar-refractivity contribution >= 4 is 0 Å². The molecule has 16 heavy (non-hydrogen) atoms. The van der Waals surface area contributed by atoms with Crippen molar-refractivity contribution in [3.8, 4) is 33.8 Å². The molecule has 2 aromatic rings. The number of ether oxygens (including phenoxy) is 1. The molecular formula is C13H10O3. The van der Waals surface area contributed by atoms with Gasteiger partial charge in [-0.1, -0.05) is 24.3 Å². The fourth-order valence-corrected chi connectivity index (χ4v) is 2.13. The Morgan fingerprint density at radius 3 is 2.44 bits per heavy atom. The number of fused-ring (bicyclic) bond motifs is 4. The predicted molar refractivity (Wildman–Crippen MR) is 60.3 cm³/mol. The second-order valence-electron chi connectivity index (χ2n) is 3.65. The second-order valence-corrected chi connectivity index (χ2v) is 3.65. The van der Waals surface area contributed by atoms with E-state index in [-0.39, 0.29) is 5.75 Å². The van der Waals surface area contributed by atoms with Gasteiger partial charge in [-0.2, -0.15) is 0 Å². The minimum Gasteiger partial charge on any atom is -0.504 e. The Hall–Kier alpha value is -2.00. The molecule has 2 N–H and O–H groups in total. The Morgan fingerprint density at radius 1 is 0.938 bits per heavy atom. The average molecular weight is 214 g/mol. The van der Waals surface area contributed by atoms with Crippen LogP contribution in [0.5, 0.6) is 11.5 Å². The van der Waals surface area contributed by atoms with Crippen molar-refractivity contribution in [2.75, 3.05) is 6.79 Å². The highest BCUT2D eigenvalue weighted by molar-refractivity contribution is 6.05. The lowest BCUT2D eigenvalue weighted by molar-refractivity contribution is 0.0956. The summed E-state index contributed by atoms with van der Waals surface area (Å²) in [6.07, 6.45) is 0. The zero-order chi connectivity index (χ0) is 11.1. The van der Waals surface area contributed by atoms with Crippen LogP contribution in [0.25, 0.3) is 22.3 Å². The Kier molecular flexibility index (Phi) is 1.88. The van der Waals surface area contributed by atoms with E-state index in [0.29, 0.717) is 5.75 Å². The molecule has 0 bridgehead atoms. The van der Waals surface area contributed by atoms with Crippen molar-refractivity contribution in [2.45, 2.75) is 0 Å². The maximum absolute atomic E-state index is 9.97. The van der Waals surface area contributed by atoms with Crippen molar-refractivity contribution in [1.29, 1.82) is 0 Å². The van der Waals surface area contributed by atoms with Gasteiger partial charge in [0, 0.05) is 5.56 Å². The second kappa shape index (κ2) is 3.25. The van der Waals surface area contributed by atoms with Crippen LogP contribution in [0.1, 0.15) is 0 Å². The maximum Gasteiger partial charge on any atom is 0.186 e. The molecule has 3 nitrogen and oxygen atoms in total. The molecule has 3 rings (SSSR count). The fraction of sp³-hybridized carbons (Fsp3) is 0.0769. The third-order valence-corrected chi connectivity index (χ3v) is 2.85. The summed E-state index contributed by atoms with van der Waals surface area (Å²) in [4.78, 5) is 0. The number of aliphatic hydroxyl groups excluding tert-OH is 1. The van der Waals surface area contributed by atoms with E-state index in [2.05, 4.69) is 0 Å². The van der Waals surface area contributed by atoms with E-state index < -0.39 is 6.79 Å². The summed E-state index contributed by atoms with van der Waals surface area (Å²) in [6, 6.07) is 11.4. The Balaban J connectivity index is 2.16. The molecule has 0 fully saturated rings. The van der Waals surface area contributed by atoms with Crippen LogP contribution in [0.3, 0.4) is 0 Å². The first-order valence-corrected chi connectivity index (χ1v) is 5.02. The molecule has 0 saturated heterocycles. The van der Waals surface area contributed by atoms with Gasteiger partial charge in [-0.05, 0) is 28.8 Å². The largest absolute Gasteiger partial charge is 0.504 e. The zero-order valence-corrected chi connectivity index (χ0v) is 8.47. The van der Waals surface area contributed by atoms with Crippen molar-refractivity contribution in [2.24, 2.45) is 0 Å². The van der Waals surface area contributed by atoms with Gasteiger partial charge in [0.25, 0.3) is 0 Å². The van der Waals surface area contributed by atoms with Crippen LogP contribution >= 0.6 is 0 Å². The Bertz CT molecular complexity index is 561. The molecule has 0 radical (unpaired) electrons. The van der Waals surface area contributed by atoms with Crippen molar-refractivity contribution in [3.05, 3.63) is 36.4 Å². The number of aromatic hydroxyl groups is 1. The fourth-order valence-electron chi connectivity index (χ4n) is 2.13. The lowest BCUT2D eigenvalue weighted by Crippen LogP contribution is -2.01. The maximum atomic E-state index is 9.97. The molecule has 3 heteroatoms. The van der Waals surface area contributed by atoms with Crippen LogP contribution in [0.15, 0.2) is 36.4 Å². The lowest BCUT2D eigenvalue weighted by atomic mass is 9.80. The Morgan fingerprint density at radius 2 is 1.69 bits per heavy atom. The van der Waals surface area contributed by atoms with Gasteiger partial charge in [0.15, 0.2) is 18.3 Å². The molecule has 0 saturated carbocycles. The van der Waals surface area contributed by atoms with Gasteiger partial charge in [0.05, 0.1) is 0 Å². The minimum atomic E-state index is -0.437. The molecule has 0 aromatic heterocycles. The number of hydrogen-bond donors (Lipinski definition) is 2.